The number of amides is 1. The summed E-state index contributed by atoms with van der Waals surface area (Å²) in [4.78, 5) is 19.2. The van der Waals surface area contributed by atoms with Crippen LogP contribution in [0.2, 0.25) is 0 Å². The van der Waals surface area contributed by atoms with Crippen LogP contribution in [-0.2, 0) is 11.8 Å². The Morgan fingerprint density at radius 2 is 2.26 bits per heavy atom. The van der Waals surface area contributed by atoms with Gasteiger partial charge < -0.3 is 9.47 Å². The van der Waals surface area contributed by atoms with Crippen LogP contribution in [-0.4, -0.2) is 43.2 Å². The van der Waals surface area contributed by atoms with Crippen LogP contribution in [0.5, 0.6) is 0 Å². The average Bonchev–Trinajstić information content (AvgIpc) is 3.05. The smallest absolute Gasteiger partial charge is 0.226 e. The number of carbonyl (C=O) groups is 1. The molecule has 6 nitrogen and oxygen atoms in total. The molecule has 23 heavy (non-hydrogen) atoms. The van der Waals surface area contributed by atoms with Crippen LogP contribution in [0.4, 0.5) is 0 Å². The fraction of sp³-hybridized carbons (Fsp3) is 0.588. The summed E-state index contributed by atoms with van der Waals surface area (Å²) in [6.45, 7) is 3.73. The van der Waals surface area contributed by atoms with E-state index >= 15 is 0 Å². The normalized spacial score (nSPS) is 27.2. The molecule has 0 unspecified atom stereocenters. The van der Waals surface area contributed by atoms with Crippen LogP contribution < -0.4 is 0 Å². The van der Waals surface area contributed by atoms with E-state index in [9.17, 15) is 4.79 Å². The Bertz CT molecular complexity index is 718. The molecule has 0 N–H and O–H groups in total. The van der Waals surface area contributed by atoms with Crippen molar-refractivity contribution in [2.24, 2.45) is 13.0 Å². The third-order valence-corrected chi connectivity index (χ3v) is 5.22. The molecule has 0 bridgehead atoms. The van der Waals surface area contributed by atoms with Gasteiger partial charge in [0.2, 0.25) is 5.91 Å². The Kier molecular flexibility index (Phi) is 3.47. The molecule has 3 atom stereocenters. The van der Waals surface area contributed by atoms with E-state index in [0.29, 0.717) is 17.9 Å². The highest BCUT2D eigenvalue weighted by Crippen LogP contribution is 2.48. The highest BCUT2D eigenvalue weighted by molar-refractivity contribution is 5.83. The van der Waals surface area contributed by atoms with Gasteiger partial charge in [-0.3, -0.25) is 9.48 Å². The lowest BCUT2D eigenvalue weighted by atomic mass is 10.0. The van der Waals surface area contributed by atoms with Gasteiger partial charge in [-0.25, -0.2) is 4.98 Å². The molecule has 0 radical (unpaired) electrons. The fourth-order valence-corrected chi connectivity index (χ4v) is 3.86. The van der Waals surface area contributed by atoms with Crippen molar-refractivity contribution < 1.29 is 4.79 Å². The number of piperidine rings is 1. The maximum absolute atomic E-state index is 12.8. The first-order chi connectivity index (χ1) is 11.1. The Morgan fingerprint density at radius 3 is 2.96 bits per heavy atom. The molecule has 1 saturated heterocycles. The fourth-order valence-electron chi connectivity index (χ4n) is 3.86. The van der Waals surface area contributed by atoms with Crippen LogP contribution in [0.15, 0.2) is 24.8 Å². The van der Waals surface area contributed by atoms with Crippen molar-refractivity contribution in [2.45, 2.75) is 38.1 Å². The van der Waals surface area contributed by atoms with Crippen LogP contribution in [0.1, 0.15) is 42.6 Å². The zero-order chi connectivity index (χ0) is 16.0. The summed E-state index contributed by atoms with van der Waals surface area (Å²) in [5, 5.41) is 4.22. The molecular weight excluding hydrogens is 290 g/mol. The third-order valence-electron chi connectivity index (χ3n) is 5.22. The van der Waals surface area contributed by atoms with Crippen molar-refractivity contribution in [3.8, 4) is 0 Å². The van der Waals surface area contributed by atoms with Gasteiger partial charge in [-0.05, 0) is 37.7 Å². The number of likely N-dealkylation sites (tertiary alicyclic amines) is 1. The average molecular weight is 313 g/mol. The topological polar surface area (TPSA) is 56.0 Å². The summed E-state index contributed by atoms with van der Waals surface area (Å²) in [7, 11) is 1.92. The lowest BCUT2D eigenvalue weighted by Crippen LogP contribution is -2.41. The van der Waals surface area contributed by atoms with Crippen molar-refractivity contribution in [3.63, 3.8) is 0 Å². The summed E-state index contributed by atoms with van der Waals surface area (Å²) in [5.74, 6) is 1.87. The van der Waals surface area contributed by atoms with Crippen LogP contribution in [0.3, 0.4) is 0 Å². The Morgan fingerprint density at radius 1 is 1.39 bits per heavy atom. The van der Waals surface area contributed by atoms with Crippen molar-refractivity contribution in [1.29, 1.82) is 0 Å². The Hall–Kier alpha value is -2.11. The Balaban J connectivity index is 1.42. The molecule has 2 aromatic heterocycles. The summed E-state index contributed by atoms with van der Waals surface area (Å²) < 4.78 is 4.03. The van der Waals surface area contributed by atoms with Gasteiger partial charge in [-0.2, -0.15) is 5.10 Å². The van der Waals surface area contributed by atoms with Gasteiger partial charge in [-0.1, -0.05) is 0 Å². The van der Waals surface area contributed by atoms with Crippen molar-refractivity contribution in [2.75, 3.05) is 13.1 Å². The van der Waals surface area contributed by atoms with E-state index in [4.69, 9.17) is 0 Å². The predicted octanol–water partition coefficient (Wildman–Crippen LogP) is 1.89. The zero-order valence-corrected chi connectivity index (χ0v) is 13.7. The van der Waals surface area contributed by atoms with Crippen LogP contribution >= 0.6 is 0 Å². The summed E-state index contributed by atoms with van der Waals surface area (Å²) >= 11 is 0. The lowest BCUT2D eigenvalue weighted by molar-refractivity contribution is -0.134. The number of nitrogens with zero attached hydrogens (tertiary/aromatic N) is 5. The molecule has 6 heteroatoms. The van der Waals surface area contributed by atoms with Crippen LogP contribution in [0.25, 0.3) is 0 Å². The van der Waals surface area contributed by atoms with Crippen molar-refractivity contribution in [1.82, 2.24) is 24.2 Å². The van der Waals surface area contributed by atoms with E-state index in [1.807, 2.05) is 43.4 Å². The molecule has 0 aromatic carbocycles. The standard InChI is InChI=1S/C17H23N5O/c1-12-18-5-7-22(12)14-4-3-6-21(11-14)17(23)16-8-15(16)13-9-19-20(2)10-13/h5,7,9-10,14-16H,3-4,6,8,11H2,1-2H3/t14-,15-,16+/m1/s1. The monoisotopic (exact) mass is 313 g/mol. The van der Waals surface area contributed by atoms with E-state index in [1.165, 1.54) is 5.56 Å². The predicted molar refractivity (Wildman–Crippen MR) is 85.9 cm³/mol. The quantitative estimate of drug-likeness (QED) is 0.869. The minimum atomic E-state index is 0.154. The molecule has 2 aromatic rings. The molecule has 1 amide bonds. The van der Waals surface area contributed by atoms with E-state index in [-0.39, 0.29) is 5.92 Å². The highest BCUT2D eigenvalue weighted by Gasteiger charge is 2.46. The molecule has 1 aliphatic carbocycles. The first kappa shape index (κ1) is 14.5. The minimum absolute atomic E-state index is 0.154. The third kappa shape index (κ3) is 2.66. The van der Waals surface area contributed by atoms with Gasteiger partial charge in [0.15, 0.2) is 0 Å². The molecular formula is C17H23N5O. The lowest BCUT2D eigenvalue weighted by Gasteiger charge is -2.34. The molecule has 1 aliphatic heterocycles. The molecule has 122 valence electrons. The largest absolute Gasteiger partial charge is 0.340 e. The van der Waals surface area contributed by atoms with Crippen molar-refractivity contribution in [3.05, 3.63) is 36.2 Å². The van der Waals surface area contributed by atoms with Gasteiger partial charge in [0, 0.05) is 44.6 Å². The van der Waals surface area contributed by atoms with E-state index in [0.717, 1.165) is 38.2 Å². The second-order valence-electron chi connectivity index (χ2n) is 6.86. The Labute approximate surface area is 136 Å². The molecule has 1 saturated carbocycles. The first-order valence-electron chi connectivity index (χ1n) is 8.40. The van der Waals surface area contributed by atoms with Gasteiger partial charge >= 0.3 is 0 Å². The maximum atomic E-state index is 12.8. The van der Waals surface area contributed by atoms with E-state index in [2.05, 4.69) is 19.5 Å². The molecule has 2 aliphatic rings. The van der Waals surface area contributed by atoms with Crippen molar-refractivity contribution >= 4 is 5.91 Å². The number of hydrogen-bond donors (Lipinski definition) is 0. The zero-order valence-electron chi connectivity index (χ0n) is 13.7. The summed E-state index contributed by atoms with van der Waals surface area (Å²) in [5.41, 5.74) is 1.20. The second kappa shape index (κ2) is 5.51. The second-order valence-corrected chi connectivity index (χ2v) is 6.86. The number of aromatic nitrogens is 4. The first-order valence-corrected chi connectivity index (χ1v) is 8.40. The van der Waals surface area contributed by atoms with Crippen LogP contribution in [0, 0.1) is 12.8 Å². The minimum Gasteiger partial charge on any atom is -0.340 e. The summed E-state index contributed by atoms with van der Waals surface area (Å²) in [6, 6.07) is 0.366. The maximum Gasteiger partial charge on any atom is 0.226 e. The number of rotatable bonds is 3. The number of hydrogen-bond acceptors (Lipinski definition) is 3. The molecule has 4 rings (SSSR count). The van der Waals surface area contributed by atoms with E-state index < -0.39 is 0 Å². The van der Waals surface area contributed by atoms with Gasteiger partial charge in [0.1, 0.15) is 5.82 Å². The summed E-state index contributed by atoms with van der Waals surface area (Å²) in [6.07, 6.45) is 11.0. The van der Waals surface area contributed by atoms with Gasteiger partial charge in [-0.15, -0.1) is 0 Å². The van der Waals surface area contributed by atoms with Gasteiger partial charge in [0.25, 0.3) is 0 Å². The number of aryl methyl sites for hydroxylation is 2. The molecule has 2 fully saturated rings. The molecule has 3 heterocycles. The molecule has 0 spiro atoms. The van der Waals surface area contributed by atoms with E-state index in [1.54, 1.807) is 0 Å². The highest BCUT2D eigenvalue weighted by atomic mass is 16.2. The SMILES string of the molecule is Cc1nccn1[C@@H]1CCCN(C(=O)[C@H]2C[C@@H]2c2cnn(C)c2)C1. The number of imidazole rings is 1. The van der Waals surface area contributed by atoms with Gasteiger partial charge in [0.05, 0.1) is 12.2 Å². The number of carbonyl (C=O) groups excluding carboxylic acids is 1.